The number of hydrogen-bond acceptors (Lipinski definition) is 9. The van der Waals surface area contributed by atoms with Gasteiger partial charge < -0.3 is 14.3 Å². The predicted molar refractivity (Wildman–Crippen MR) is 88.5 cm³/mol. The van der Waals surface area contributed by atoms with Gasteiger partial charge in [0.05, 0.1) is 18.1 Å². The first-order chi connectivity index (χ1) is 12.0. The molecule has 3 aromatic rings. The second-order valence-corrected chi connectivity index (χ2v) is 5.88. The fraction of sp³-hybridized carbons (Fsp3) is 0.267. The molecule has 25 heavy (non-hydrogen) atoms. The second-order valence-electron chi connectivity index (χ2n) is 4.93. The molecule has 0 bridgehead atoms. The van der Waals surface area contributed by atoms with Crippen molar-refractivity contribution >= 4 is 23.5 Å². The zero-order valence-corrected chi connectivity index (χ0v) is 14.2. The van der Waals surface area contributed by atoms with Gasteiger partial charge in [-0.15, -0.1) is 5.10 Å². The van der Waals surface area contributed by atoms with Crippen LogP contribution in [0.3, 0.4) is 0 Å². The molecule has 0 spiro atoms. The van der Waals surface area contributed by atoms with Crippen LogP contribution in [0.1, 0.15) is 12.7 Å². The fourth-order valence-electron chi connectivity index (χ4n) is 2.18. The van der Waals surface area contributed by atoms with Crippen molar-refractivity contribution in [1.29, 1.82) is 0 Å². The minimum Gasteiger partial charge on any atom is -0.507 e. The monoisotopic (exact) mass is 362 g/mol. The van der Waals surface area contributed by atoms with Gasteiger partial charge in [-0.3, -0.25) is 4.79 Å². The van der Waals surface area contributed by atoms with Gasteiger partial charge in [-0.1, -0.05) is 11.8 Å². The highest BCUT2D eigenvalue weighted by Crippen LogP contribution is 2.26. The van der Waals surface area contributed by atoms with E-state index in [0.717, 1.165) is 11.8 Å². The summed E-state index contributed by atoms with van der Waals surface area (Å²) in [4.78, 5) is 31.8. The molecule has 3 rings (SSSR count). The van der Waals surface area contributed by atoms with Crippen LogP contribution in [0.4, 0.5) is 0 Å². The van der Waals surface area contributed by atoms with Crippen molar-refractivity contribution in [2.75, 3.05) is 12.4 Å². The number of nitrogens with zero attached hydrogens (tertiary/aromatic N) is 4. The molecular formula is C15H14N4O5S. The van der Waals surface area contributed by atoms with Crippen molar-refractivity contribution in [2.24, 2.45) is 0 Å². The van der Waals surface area contributed by atoms with Gasteiger partial charge in [-0.2, -0.15) is 9.50 Å². The molecule has 0 atom stereocenters. The Kier molecular flexibility index (Phi) is 4.70. The summed E-state index contributed by atoms with van der Waals surface area (Å²) in [7, 11) is 0. The van der Waals surface area contributed by atoms with E-state index in [0.29, 0.717) is 17.5 Å². The number of ether oxygens (including phenoxy) is 1. The van der Waals surface area contributed by atoms with E-state index in [-0.39, 0.29) is 34.5 Å². The lowest BCUT2D eigenvalue weighted by atomic mass is 10.2. The van der Waals surface area contributed by atoms with Crippen molar-refractivity contribution in [3.05, 3.63) is 34.5 Å². The van der Waals surface area contributed by atoms with Crippen LogP contribution in [-0.2, 0) is 9.53 Å². The third-order valence-corrected chi connectivity index (χ3v) is 3.97. The Morgan fingerprint density at radius 3 is 3.00 bits per heavy atom. The minimum atomic E-state index is -0.693. The topological polar surface area (TPSA) is 120 Å². The maximum atomic E-state index is 12.1. The van der Waals surface area contributed by atoms with Gasteiger partial charge in [0, 0.05) is 12.3 Å². The zero-order chi connectivity index (χ0) is 18.0. The first-order valence-corrected chi connectivity index (χ1v) is 8.32. The van der Waals surface area contributed by atoms with Crippen molar-refractivity contribution in [2.45, 2.75) is 19.0 Å². The summed E-state index contributed by atoms with van der Waals surface area (Å²) in [5.41, 5.74) is -0.446. The van der Waals surface area contributed by atoms with E-state index >= 15 is 0 Å². The Hall–Kier alpha value is -2.88. The SMILES string of the molecule is CCOC(=O)CSc1nc2nccc(-c3c(O)cc(C)oc3=O)n2n1. The van der Waals surface area contributed by atoms with E-state index in [1.54, 1.807) is 13.8 Å². The van der Waals surface area contributed by atoms with Gasteiger partial charge in [0.15, 0.2) is 0 Å². The van der Waals surface area contributed by atoms with Gasteiger partial charge >= 0.3 is 11.6 Å². The number of hydrogen-bond donors (Lipinski definition) is 1. The molecule has 10 heteroatoms. The molecule has 0 amide bonds. The Balaban J connectivity index is 2.01. The minimum absolute atomic E-state index is 0.0372. The normalized spacial score (nSPS) is 11.0. The summed E-state index contributed by atoms with van der Waals surface area (Å²) in [5, 5.41) is 14.6. The number of carbonyl (C=O) groups is 1. The van der Waals surface area contributed by atoms with Crippen molar-refractivity contribution in [3.63, 3.8) is 0 Å². The summed E-state index contributed by atoms with van der Waals surface area (Å²) in [6.45, 7) is 3.58. The molecule has 9 nitrogen and oxygen atoms in total. The largest absolute Gasteiger partial charge is 0.507 e. The maximum absolute atomic E-state index is 12.1. The van der Waals surface area contributed by atoms with E-state index in [1.165, 1.54) is 22.8 Å². The quantitative estimate of drug-likeness (QED) is 0.530. The highest BCUT2D eigenvalue weighted by molar-refractivity contribution is 7.99. The number of aromatic nitrogens is 4. The van der Waals surface area contributed by atoms with E-state index in [4.69, 9.17) is 9.15 Å². The summed E-state index contributed by atoms with van der Waals surface area (Å²) in [5.74, 6) is -0.0317. The van der Waals surface area contributed by atoms with Gasteiger partial charge in [0.2, 0.25) is 5.16 Å². The highest BCUT2D eigenvalue weighted by atomic mass is 32.2. The summed E-state index contributed by atoms with van der Waals surface area (Å²) in [6.07, 6.45) is 1.44. The molecule has 0 saturated heterocycles. The second kappa shape index (κ2) is 6.93. The van der Waals surface area contributed by atoms with E-state index < -0.39 is 5.63 Å². The number of carbonyl (C=O) groups excluding carboxylic acids is 1. The molecule has 0 radical (unpaired) electrons. The fourth-order valence-corrected chi connectivity index (χ4v) is 2.80. The van der Waals surface area contributed by atoms with Crippen LogP contribution in [0, 0.1) is 6.92 Å². The van der Waals surface area contributed by atoms with Crippen LogP contribution in [0.5, 0.6) is 5.75 Å². The van der Waals surface area contributed by atoms with Crippen LogP contribution < -0.4 is 5.63 Å². The number of rotatable bonds is 5. The lowest BCUT2D eigenvalue weighted by molar-refractivity contribution is -0.139. The Bertz CT molecular complexity index is 997. The Morgan fingerprint density at radius 1 is 1.48 bits per heavy atom. The van der Waals surface area contributed by atoms with Gasteiger partial charge in [0.25, 0.3) is 5.78 Å². The highest BCUT2D eigenvalue weighted by Gasteiger charge is 2.18. The van der Waals surface area contributed by atoms with Gasteiger partial charge in [-0.25, -0.2) is 9.78 Å². The predicted octanol–water partition coefficient (Wildman–Crippen LogP) is 1.41. The van der Waals surface area contributed by atoms with Gasteiger partial charge in [-0.05, 0) is 19.9 Å². The molecule has 0 aliphatic heterocycles. The molecule has 0 aliphatic carbocycles. The van der Waals surface area contributed by atoms with Crippen molar-refractivity contribution < 1.29 is 19.1 Å². The third-order valence-electron chi connectivity index (χ3n) is 3.16. The average molecular weight is 362 g/mol. The third kappa shape index (κ3) is 3.48. The molecule has 1 N–H and O–H groups in total. The first kappa shape index (κ1) is 17.0. The molecule has 3 aromatic heterocycles. The van der Waals surface area contributed by atoms with E-state index in [2.05, 4.69) is 15.1 Å². The number of fused-ring (bicyclic) bond motifs is 1. The number of thioether (sulfide) groups is 1. The van der Waals surface area contributed by atoms with Crippen LogP contribution in [0.2, 0.25) is 0 Å². The van der Waals surface area contributed by atoms with Crippen molar-refractivity contribution in [3.8, 4) is 17.0 Å². The van der Waals surface area contributed by atoms with Crippen LogP contribution >= 0.6 is 11.8 Å². The Labute approximate surface area is 145 Å². The lowest BCUT2D eigenvalue weighted by Gasteiger charge is -2.05. The number of esters is 1. The smallest absolute Gasteiger partial charge is 0.349 e. The standard InChI is InChI=1S/C15H14N4O5S/c1-3-23-11(21)7-25-15-17-14-16-5-4-9(19(14)18-15)12-10(20)6-8(2)24-13(12)22/h4-6,20H,3,7H2,1-2H3. The molecule has 3 heterocycles. The molecule has 0 unspecified atom stereocenters. The van der Waals surface area contributed by atoms with Crippen LogP contribution in [0.25, 0.3) is 17.0 Å². The first-order valence-electron chi connectivity index (χ1n) is 7.34. The van der Waals surface area contributed by atoms with Crippen molar-refractivity contribution in [1.82, 2.24) is 19.6 Å². The Morgan fingerprint density at radius 2 is 2.28 bits per heavy atom. The molecule has 0 aliphatic rings. The summed E-state index contributed by atoms with van der Waals surface area (Å²) < 4.78 is 11.2. The van der Waals surface area contributed by atoms with E-state index in [1.807, 2.05) is 0 Å². The zero-order valence-electron chi connectivity index (χ0n) is 13.4. The van der Waals surface area contributed by atoms with E-state index in [9.17, 15) is 14.7 Å². The van der Waals surface area contributed by atoms with Gasteiger partial charge in [0.1, 0.15) is 17.1 Å². The molecule has 0 saturated carbocycles. The average Bonchev–Trinajstić information content (AvgIpc) is 2.96. The molecule has 0 fully saturated rings. The number of aromatic hydroxyl groups is 1. The summed E-state index contributed by atoms with van der Waals surface area (Å²) in [6, 6.07) is 2.86. The van der Waals surface area contributed by atoms with Crippen LogP contribution in [-0.4, -0.2) is 43.0 Å². The molecular weight excluding hydrogens is 348 g/mol. The molecule has 130 valence electrons. The lowest BCUT2D eigenvalue weighted by Crippen LogP contribution is -2.08. The summed E-state index contributed by atoms with van der Waals surface area (Å²) >= 11 is 1.09. The maximum Gasteiger partial charge on any atom is 0.349 e. The van der Waals surface area contributed by atoms with Crippen LogP contribution in [0.15, 0.2) is 32.7 Å². The molecule has 0 aromatic carbocycles. The number of aryl methyl sites for hydroxylation is 1.